The molecule has 0 aliphatic carbocycles. The Balaban J connectivity index is 1.48. The van der Waals surface area contributed by atoms with E-state index in [0.717, 1.165) is 75.4 Å². The predicted octanol–water partition coefficient (Wildman–Crippen LogP) is 5.50. The van der Waals surface area contributed by atoms with Gasteiger partial charge in [-0.25, -0.2) is 0 Å². The van der Waals surface area contributed by atoms with Crippen LogP contribution in [0.25, 0.3) is 16.6 Å². The van der Waals surface area contributed by atoms with Gasteiger partial charge in [-0.05, 0) is 93.6 Å². The maximum absolute atomic E-state index is 13.6. The summed E-state index contributed by atoms with van der Waals surface area (Å²) in [6, 6.07) is 16.8. The number of carbonyl (C=O) groups excluding carboxylic acids is 1. The minimum absolute atomic E-state index is 0.132. The standard InChI is InChI=1S/C32H41N5O/c1-23(2)21-34-12-10-26(11-13-34)30-22-37(28-7-5-6-25(18-28)20-33)31-9-8-27(19-29(30)31)32(38)36-16-14-35(15-17-36)24(3)4/h5-9,18-19,22-24,26H,10-17,21H2,1-4H3. The molecule has 2 aliphatic heterocycles. The van der Waals surface area contributed by atoms with Crippen molar-refractivity contribution in [1.29, 1.82) is 5.26 Å². The smallest absolute Gasteiger partial charge is 0.253 e. The number of nitrogens with zero attached hydrogens (tertiary/aromatic N) is 5. The molecular formula is C32H41N5O. The Morgan fingerprint density at radius 3 is 2.37 bits per heavy atom. The van der Waals surface area contributed by atoms with Crippen molar-refractivity contribution in [3.8, 4) is 11.8 Å². The number of hydrogen-bond acceptors (Lipinski definition) is 4. The number of aromatic nitrogens is 1. The van der Waals surface area contributed by atoms with Crippen molar-refractivity contribution in [2.75, 3.05) is 45.8 Å². The Bertz CT molecular complexity index is 1320. The minimum atomic E-state index is 0.132. The lowest BCUT2D eigenvalue weighted by Gasteiger charge is -2.37. The number of piperidine rings is 1. The number of hydrogen-bond donors (Lipinski definition) is 0. The molecule has 0 spiro atoms. The first-order valence-electron chi connectivity index (χ1n) is 14.2. The molecule has 1 amide bonds. The van der Waals surface area contributed by atoms with Crippen LogP contribution < -0.4 is 0 Å². The molecule has 0 radical (unpaired) electrons. The topological polar surface area (TPSA) is 55.5 Å². The molecule has 0 unspecified atom stereocenters. The normalized spacial score (nSPS) is 18.0. The highest BCUT2D eigenvalue weighted by Crippen LogP contribution is 2.36. The number of nitriles is 1. The fourth-order valence-corrected chi connectivity index (χ4v) is 6.22. The third-order valence-electron chi connectivity index (χ3n) is 8.32. The van der Waals surface area contributed by atoms with Gasteiger partial charge in [0.05, 0.1) is 17.1 Å². The second-order valence-electron chi connectivity index (χ2n) is 11.7. The largest absolute Gasteiger partial charge is 0.336 e. The first kappa shape index (κ1) is 26.5. The molecule has 2 fully saturated rings. The summed E-state index contributed by atoms with van der Waals surface area (Å²) in [4.78, 5) is 20.6. The van der Waals surface area contributed by atoms with E-state index in [0.29, 0.717) is 23.4 Å². The van der Waals surface area contributed by atoms with Gasteiger partial charge in [-0.3, -0.25) is 9.69 Å². The number of piperazine rings is 1. The summed E-state index contributed by atoms with van der Waals surface area (Å²) in [7, 11) is 0. The van der Waals surface area contributed by atoms with Crippen LogP contribution in [0.2, 0.25) is 0 Å². The zero-order chi connectivity index (χ0) is 26.8. The second kappa shape index (κ2) is 11.3. The molecule has 200 valence electrons. The number of amides is 1. The lowest BCUT2D eigenvalue weighted by Crippen LogP contribution is -2.50. The summed E-state index contributed by atoms with van der Waals surface area (Å²) in [5, 5.41) is 10.6. The molecule has 0 saturated carbocycles. The monoisotopic (exact) mass is 511 g/mol. The quantitative estimate of drug-likeness (QED) is 0.438. The zero-order valence-corrected chi connectivity index (χ0v) is 23.4. The number of carbonyl (C=O) groups is 1. The average molecular weight is 512 g/mol. The molecule has 2 saturated heterocycles. The van der Waals surface area contributed by atoms with Crippen molar-refractivity contribution < 1.29 is 4.79 Å². The van der Waals surface area contributed by atoms with Gasteiger partial charge in [0.2, 0.25) is 0 Å². The first-order valence-corrected chi connectivity index (χ1v) is 14.2. The van der Waals surface area contributed by atoms with E-state index in [1.165, 1.54) is 10.9 Å². The Hall–Kier alpha value is -3.14. The van der Waals surface area contributed by atoms with Crippen LogP contribution in [0, 0.1) is 17.2 Å². The van der Waals surface area contributed by atoms with E-state index in [1.54, 1.807) is 0 Å². The summed E-state index contributed by atoms with van der Waals surface area (Å²) in [5.41, 5.74) is 4.84. The van der Waals surface area contributed by atoms with Crippen LogP contribution in [0.3, 0.4) is 0 Å². The van der Waals surface area contributed by atoms with Gasteiger partial charge >= 0.3 is 0 Å². The van der Waals surface area contributed by atoms with E-state index in [4.69, 9.17) is 0 Å². The van der Waals surface area contributed by atoms with Crippen molar-refractivity contribution in [3.05, 3.63) is 65.4 Å². The Kier molecular flexibility index (Phi) is 7.88. The summed E-state index contributed by atoms with van der Waals surface area (Å²) in [5.74, 6) is 1.27. The third-order valence-corrected chi connectivity index (χ3v) is 8.32. The molecule has 6 nitrogen and oxygen atoms in total. The molecule has 2 aromatic carbocycles. The first-order chi connectivity index (χ1) is 18.3. The molecule has 5 rings (SSSR count). The lowest BCUT2D eigenvalue weighted by molar-refractivity contribution is 0.0595. The molecule has 1 aromatic heterocycles. The van der Waals surface area contributed by atoms with E-state index >= 15 is 0 Å². The number of rotatable bonds is 6. The SMILES string of the molecule is CC(C)CN1CCC(c2cn(-c3cccc(C#N)c3)c3ccc(C(=O)N4CCN(C(C)C)CC4)cc23)CC1. The van der Waals surface area contributed by atoms with Crippen LogP contribution in [-0.2, 0) is 0 Å². The van der Waals surface area contributed by atoms with E-state index in [-0.39, 0.29) is 5.91 Å². The van der Waals surface area contributed by atoms with Gasteiger partial charge in [0, 0.05) is 61.6 Å². The number of benzene rings is 2. The molecule has 0 bridgehead atoms. The van der Waals surface area contributed by atoms with Crippen molar-refractivity contribution in [1.82, 2.24) is 19.3 Å². The highest BCUT2D eigenvalue weighted by atomic mass is 16.2. The summed E-state index contributed by atoms with van der Waals surface area (Å²) >= 11 is 0. The number of fused-ring (bicyclic) bond motifs is 1. The van der Waals surface area contributed by atoms with Crippen LogP contribution >= 0.6 is 0 Å². The highest BCUT2D eigenvalue weighted by molar-refractivity contribution is 5.99. The molecule has 0 atom stereocenters. The van der Waals surface area contributed by atoms with Crippen LogP contribution in [0.4, 0.5) is 0 Å². The van der Waals surface area contributed by atoms with E-state index in [9.17, 15) is 10.1 Å². The van der Waals surface area contributed by atoms with Crippen molar-refractivity contribution >= 4 is 16.8 Å². The lowest BCUT2D eigenvalue weighted by atomic mass is 9.88. The van der Waals surface area contributed by atoms with E-state index in [2.05, 4.69) is 72.5 Å². The minimum Gasteiger partial charge on any atom is -0.336 e. The van der Waals surface area contributed by atoms with Gasteiger partial charge in [-0.15, -0.1) is 0 Å². The van der Waals surface area contributed by atoms with Gasteiger partial charge in [-0.2, -0.15) is 5.26 Å². The van der Waals surface area contributed by atoms with Crippen LogP contribution in [0.5, 0.6) is 0 Å². The van der Waals surface area contributed by atoms with Crippen molar-refractivity contribution in [2.45, 2.75) is 52.5 Å². The Morgan fingerprint density at radius 2 is 1.71 bits per heavy atom. The Morgan fingerprint density at radius 1 is 0.974 bits per heavy atom. The molecule has 0 N–H and O–H groups in total. The van der Waals surface area contributed by atoms with Gasteiger partial charge in [0.1, 0.15) is 0 Å². The highest BCUT2D eigenvalue weighted by Gasteiger charge is 2.27. The summed E-state index contributed by atoms with van der Waals surface area (Å²) in [6.45, 7) is 15.8. The van der Waals surface area contributed by atoms with Crippen molar-refractivity contribution in [3.63, 3.8) is 0 Å². The van der Waals surface area contributed by atoms with Gasteiger partial charge in [0.15, 0.2) is 0 Å². The maximum Gasteiger partial charge on any atom is 0.253 e. The Labute approximate surface area is 227 Å². The molecule has 38 heavy (non-hydrogen) atoms. The molecular weight excluding hydrogens is 470 g/mol. The van der Waals surface area contributed by atoms with Crippen LogP contribution in [0.1, 0.15) is 67.9 Å². The fraction of sp³-hybridized carbons (Fsp3) is 0.500. The van der Waals surface area contributed by atoms with Crippen LogP contribution in [0.15, 0.2) is 48.7 Å². The van der Waals surface area contributed by atoms with Gasteiger partial charge in [0.25, 0.3) is 5.91 Å². The van der Waals surface area contributed by atoms with Crippen molar-refractivity contribution in [2.24, 2.45) is 5.92 Å². The third kappa shape index (κ3) is 5.50. The van der Waals surface area contributed by atoms with E-state index < -0.39 is 0 Å². The summed E-state index contributed by atoms with van der Waals surface area (Å²) in [6.07, 6.45) is 4.51. The maximum atomic E-state index is 13.6. The van der Waals surface area contributed by atoms with Crippen LogP contribution in [-0.4, -0.2) is 77.0 Å². The average Bonchev–Trinajstić information content (AvgIpc) is 3.32. The predicted molar refractivity (Wildman–Crippen MR) is 154 cm³/mol. The van der Waals surface area contributed by atoms with Gasteiger partial charge in [-0.1, -0.05) is 19.9 Å². The molecule has 2 aliphatic rings. The second-order valence-corrected chi connectivity index (χ2v) is 11.7. The summed E-state index contributed by atoms with van der Waals surface area (Å²) < 4.78 is 2.21. The molecule has 6 heteroatoms. The molecule has 3 aromatic rings. The molecule has 3 heterocycles. The van der Waals surface area contributed by atoms with E-state index in [1.807, 2.05) is 29.2 Å². The number of likely N-dealkylation sites (tertiary alicyclic amines) is 1. The van der Waals surface area contributed by atoms with Gasteiger partial charge < -0.3 is 14.4 Å². The fourth-order valence-electron chi connectivity index (χ4n) is 6.22. The zero-order valence-electron chi connectivity index (χ0n) is 23.4.